The van der Waals surface area contributed by atoms with E-state index in [1.165, 1.54) is 6.92 Å². The third-order valence-electron chi connectivity index (χ3n) is 3.64. The first-order chi connectivity index (χ1) is 10.0. The van der Waals surface area contributed by atoms with Crippen LogP contribution in [0.15, 0.2) is 30.3 Å². The van der Waals surface area contributed by atoms with Gasteiger partial charge in [0.15, 0.2) is 5.54 Å². The maximum atomic E-state index is 12.1. The summed E-state index contributed by atoms with van der Waals surface area (Å²) in [7, 11) is 0. The van der Waals surface area contributed by atoms with Gasteiger partial charge in [-0.05, 0) is 25.3 Å². The van der Waals surface area contributed by atoms with Gasteiger partial charge in [0.2, 0.25) is 0 Å². The van der Waals surface area contributed by atoms with Gasteiger partial charge in [-0.15, -0.1) is 0 Å². The highest BCUT2D eigenvalue weighted by atomic mass is 16.5. The van der Waals surface area contributed by atoms with E-state index in [1.807, 2.05) is 0 Å². The highest BCUT2D eigenvalue weighted by Gasteiger charge is 2.37. The lowest BCUT2D eigenvalue weighted by Crippen LogP contribution is -2.55. The summed E-state index contributed by atoms with van der Waals surface area (Å²) in [6.07, 6.45) is 1.72. The van der Waals surface area contributed by atoms with Crippen molar-refractivity contribution in [3.8, 4) is 0 Å². The Hall–Kier alpha value is -2.08. The van der Waals surface area contributed by atoms with E-state index in [0.29, 0.717) is 18.8 Å². The van der Waals surface area contributed by atoms with Crippen LogP contribution < -0.4 is 10.6 Å². The summed E-state index contributed by atoms with van der Waals surface area (Å²) < 4.78 is 5.29. The van der Waals surface area contributed by atoms with Crippen molar-refractivity contribution in [1.29, 1.82) is 0 Å². The second-order valence-corrected chi connectivity index (χ2v) is 5.31. The van der Waals surface area contributed by atoms with E-state index in [2.05, 4.69) is 10.6 Å². The summed E-state index contributed by atoms with van der Waals surface area (Å²) in [5.74, 6) is -1.11. The van der Waals surface area contributed by atoms with E-state index in [-0.39, 0.29) is 6.04 Å². The van der Waals surface area contributed by atoms with Crippen molar-refractivity contribution in [2.75, 3.05) is 13.2 Å². The molecule has 0 radical (unpaired) electrons. The summed E-state index contributed by atoms with van der Waals surface area (Å²) in [5.41, 5.74) is -0.950. The van der Waals surface area contributed by atoms with E-state index >= 15 is 0 Å². The molecule has 2 atom stereocenters. The van der Waals surface area contributed by atoms with Gasteiger partial charge in [-0.25, -0.2) is 9.59 Å². The lowest BCUT2D eigenvalue weighted by Gasteiger charge is -2.29. The third-order valence-corrected chi connectivity index (χ3v) is 3.64. The molecule has 1 aromatic rings. The first kappa shape index (κ1) is 15.3. The lowest BCUT2D eigenvalue weighted by atomic mass is 9.92. The Morgan fingerprint density at radius 1 is 1.33 bits per heavy atom. The average Bonchev–Trinajstić information content (AvgIpc) is 2.48. The highest BCUT2D eigenvalue weighted by Crippen LogP contribution is 2.20. The van der Waals surface area contributed by atoms with Gasteiger partial charge >= 0.3 is 12.0 Å². The van der Waals surface area contributed by atoms with Crippen LogP contribution in [0.1, 0.15) is 25.3 Å². The molecule has 6 nitrogen and oxygen atoms in total. The summed E-state index contributed by atoms with van der Waals surface area (Å²) in [6.45, 7) is 2.64. The molecule has 21 heavy (non-hydrogen) atoms. The zero-order valence-corrected chi connectivity index (χ0v) is 12.0. The molecule has 0 bridgehead atoms. The number of hydrogen-bond donors (Lipinski definition) is 3. The molecular formula is C15H20N2O4. The summed E-state index contributed by atoms with van der Waals surface area (Å²) in [4.78, 5) is 23.6. The van der Waals surface area contributed by atoms with E-state index in [9.17, 15) is 14.7 Å². The number of nitrogens with one attached hydrogen (secondary N) is 2. The Morgan fingerprint density at radius 3 is 2.62 bits per heavy atom. The number of urea groups is 1. The first-order valence-electron chi connectivity index (χ1n) is 6.98. The highest BCUT2D eigenvalue weighted by molar-refractivity contribution is 5.87. The quantitative estimate of drug-likeness (QED) is 0.784. The van der Waals surface area contributed by atoms with Crippen LogP contribution in [0.25, 0.3) is 0 Å². The van der Waals surface area contributed by atoms with Crippen molar-refractivity contribution in [1.82, 2.24) is 10.6 Å². The van der Waals surface area contributed by atoms with Crippen LogP contribution in [-0.4, -0.2) is 36.4 Å². The Balaban J connectivity index is 2.05. The maximum Gasteiger partial charge on any atom is 0.333 e. The van der Waals surface area contributed by atoms with Crippen molar-refractivity contribution >= 4 is 12.0 Å². The van der Waals surface area contributed by atoms with Gasteiger partial charge < -0.3 is 20.5 Å². The molecule has 114 valence electrons. The second kappa shape index (κ2) is 6.58. The molecule has 0 spiro atoms. The van der Waals surface area contributed by atoms with Crippen LogP contribution in [0.3, 0.4) is 0 Å². The summed E-state index contributed by atoms with van der Waals surface area (Å²) in [6, 6.07) is 8.06. The predicted octanol–water partition coefficient (Wildman–Crippen LogP) is 1.46. The van der Waals surface area contributed by atoms with Crippen molar-refractivity contribution in [2.45, 2.75) is 31.3 Å². The number of carboxylic acid groups (broad SMARTS) is 1. The number of hydrogen-bond acceptors (Lipinski definition) is 3. The summed E-state index contributed by atoms with van der Waals surface area (Å²) in [5, 5.41) is 14.8. The van der Waals surface area contributed by atoms with Crippen LogP contribution >= 0.6 is 0 Å². The van der Waals surface area contributed by atoms with Gasteiger partial charge in [0.05, 0.1) is 12.6 Å². The van der Waals surface area contributed by atoms with Crippen molar-refractivity contribution in [2.24, 2.45) is 0 Å². The van der Waals surface area contributed by atoms with E-state index in [0.717, 1.165) is 12.8 Å². The van der Waals surface area contributed by atoms with Gasteiger partial charge in [-0.1, -0.05) is 30.3 Å². The first-order valence-corrected chi connectivity index (χ1v) is 6.98. The minimum Gasteiger partial charge on any atom is -0.479 e. The number of rotatable bonds is 4. The topological polar surface area (TPSA) is 87.7 Å². The third kappa shape index (κ3) is 3.72. The molecule has 2 unspecified atom stereocenters. The minimum absolute atomic E-state index is 0.0763. The molecule has 0 aromatic heterocycles. The Kier molecular flexibility index (Phi) is 4.80. The molecule has 2 rings (SSSR count). The standard InChI is InChI=1S/C15H20N2O4/c1-15(13(18)19,11-6-3-2-4-7-11)17-14(20)16-12-8-5-9-21-10-12/h2-4,6-7,12H,5,8-10H2,1H3,(H,18,19)(H2,16,17,20). The Labute approximate surface area is 123 Å². The van der Waals surface area contributed by atoms with Crippen molar-refractivity contribution in [3.05, 3.63) is 35.9 Å². The number of carboxylic acids is 1. The monoisotopic (exact) mass is 292 g/mol. The fraction of sp³-hybridized carbons (Fsp3) is 0.467. The number of carbonyl (C=O) groups excluding carboxylic acids is 1. The van der Waals surface area contributed by atoms with Gasteiger partial charge in [0.1, 0.15) is 0 Å². The summed E-state index contributed by atoms with van der Waals surface area (Å²) >= 11 is 0. The second-order valence-electron chi connectivity index (χ2n) is 5.31. The molecule has 6 heteroatoms. The zero-order valence-electron chi connectivity index (χ0n) is 12.0. The van der Waals surface area contributed by atoms with E-state index in [1.54, 1.807) is 30.3 Å². The Bertz CT molecular complexity index is 500. The fourth-order valence-corrected chi connectivity index (χ4v) is 2.32. The van der Waals surface area contributed by atoms with Gasteiger partial charge in [0.25, 0.3) is 0 Å². The molecule has 1 aliphatic heterocycles. The van der Waals surface area contributed by atoms with Gasteiger partial charge in [-0.2, -0.15) is 0 Å². The number of aliphatic carboxylic acids is 1. The number of ether oxygens (including phenoxy) is 1. The zero-order chi connectivity index (χ0) is 15.3. The molecule has 3 N–H and O–H groups in total. The average molecular weight is 292 g/mol. The molecule has 0 aliphatic carbocycles. The number of benzene rings is 1. The SMILES string of the molecule is CC(NC(=O)NC1CCCOC1)(C(=O)O)c1ccccc1. The predicted molar refractivity (Wildman–Crippen MR) is 76.9 cm³/mol. The van der Waals surface area contributed by atoms with Gasteiger partial charge in [-0.3, -0.25) is 0 Å². The molecule has 1 saturated heterocycles. The van der Waals surface area contributed by atoms with E-state index in [4.69, 9.17) is 4.74 Å². The normalized spacial score (nSPS) is 21.1. The molecule has 1 aliphatic rings. The number of carbonyl (C=O) groups is 2. The largest absolute Gasteiger partial charge is 0.479 e. The number of amides is 2. The lowest BCUT2D eigenvalue weighted by molar-refractivity contribution is -0.144. The molecule has 2 amide bonds. The van der Waals surface area contributed by atoms with Crippen LogP contribution in [0.5, 0.6) is 0 Å². The molecule has 1 fully saturated rings. The molecular weight excluding hydrogens is 272 g/mol. The van der Waals surface area contributed by atoms with Crippen molar-refractivity contribution in [3.63, 3.8) is 0 Å². The maximum absolute atomic E-state index is 12.1. The minimum atomic E-state index is -1.47. The molecule has 1 aromatic carbocycles. The van der Waals surface area contributed by atoms with E-state index < -0.39 is 17.5 Å². The fourth-order valence-electron chi connectivity index (χ4n) is 2.32. The molecule has 0 saturated carbocycles. The van der Waals surface area contributed by atoms with Crippen LogP contribution in [-0.2, 0) is 15.1 Å². The van der Waals surface area contributed by atoms with Crippen LogP contribution in [0, 0.1) is 0 Å². The van der Waals surface area contributed by atoms with Crippen LogP contribution in [0.2, 0.25) is 0 Å². The molecule has 1 heterocycles. The van der Waals surface area contributed by atoms with Crippen LogP contribution in [0.4, 0.5) is 4.79 Å². The van der Waals surface area contributed by atoms with Crippen molar-refractivity contribution < 1.29 is 19.4 Å². The smallest absolute Gasteiger partial charge is 0.333 e. The Morgan fingerprint density at radius 2 is 2.05 bits per heavy atom. The van der Waals surface area contributed by atoms with Gasteiger partial charge in [0, 0.05) is 6.61 Å².